The predicted octanol–water partition coefficient (Wildman–Crippen LogP) is 2.53. The first-order valence-electron chi connectivity index (χ1n) is 9.24. The van der Waals surface area contributed by atoms with Crippen molar-refractivity contribution in [3.05, 3.63) is 52.0 Å². The van der Waals surface area contributed by atoms with E-state index in [1.165, 1.54) is 5.56 Å². The number of hydrogen-bond acceptors (Lipinski definition) is 5. The predicted molar refractivity (Wildman–Crippen MR) is 104 cm³/mol. The molecule has 2 heterocycles. The van der Waals surface area contributed by atoms with Crippen molar-refractivity contribution in [1.29, 1.82) is 0 Å². The first-order chi connectivity index (χ1) is 12.6. The van der Waals surface area contributed by atoms with Gasteiger partial charge in [0, 0.05) is 31.6 Å². The molecule has 2 aromatic rings. The topological polar surface area (TPSA) is 65.5 Å². The summed E-state index contributed by atoms with van der Waals surface area (Å²) in [7, 11) is 0. The Morgan fingerprint density at radius 2 is 2.15 bits per heavy atom. The molecule has 1 atom stereocenters. The second kappa shape index (κ2) is 8.75. The molecular formula is C20H27N3O2S. The number of likely N-dealkylation sites (tertiary alicyclic amines) is 1. The highest BCUT2D eigenvalue weighted by Gasteiger charge is 2.41. The highest BCUT2D eigenvalue weighted by Crippen LogP contribution is 2.23. The van der Waals surface area contributed by atoms with E-state index in [0.717, 1.165) is 36.5 Å². The molecule has 140 valence electrons. The van der Waals surface area contributed by atoms with Gasteiger partial charge in [0.15, 0.2) is 5.60 Å². The van der Waals surface area contributed by atoms with Gasteiger partial charge in [-0.3, -0.25) is 4.79 Å². The average molecular weight is 374 g/mol. The molecule has 26 heavy (non-hydrogen) atoms. The van der Waals surface area contributed by atoms with E-state index in [1.807, 2.05) is 35.4 Å². The molecule has 5 nitrogen and oxygen atoms in total. The van der Waals surface area contributed by atoms with Crippen LogP contribution in [0.5, 0.6) is 0 Å². The molecule has 0 aliphatic carbocycles. The lowest BCUT2D eigenvalue weighted by molar-refractivity contribution is -0.156. The number of nitrogens with one attached hydrogen (secondary N) is 1. The van der Waals surface area contributed by atoms with Gasteiger partial charge < -0.3 is 15.3 Å². The summed E-state index contributed by atoms with van der Waals surface area (Å²) in [6, 6.07) is 10.3. The molecule has 2 N–H and O–H groups in total. The van der Waals surface area contributed by atoms with Crippen LogP contribution in [0.15, 0.2) is 35.7 Å². The van der Waals surface area contributed by atoms with Gasteiger partial charge >= 0.3 is 0 Å². The molecule has 6 heteroatoms. The number of carbonyl (C=O) groups is 1. The Morgan fingerprint density at radius 1 is 1.35 bits per heavy atom. The zero-order valence-corrected chi connectivity index (χ0v) is 16.1. The molecule has 0 saturated carbocycles. The molecule has 1 aromatic heterocycles. The summed E-state index contributed by atoms with van der Waals surface area (Å²) in [5.41, 5.74) is 0.947. The highest BCUT2D eigenvalue weighted by atomic mass is 32.1. The van der Waals surface area contributed by atoms with Crippen LogP contribution >= 0.6 is 11.3 Å². The van der Waals surface area contributed by atoms with Crippen molar-refractivity contribution in [2.24, 2.45) is 0 Å². The van der Waals surface area contributed by atoms with Crippen LogP contribution < -0.4 is 5.32 Å². The van der Waals surface area contributed by atoms with Crippen molar-refractivity contribution in [3.63, 3.8) is 0 Å². The fourth-order valence-corrected chi connectivity index (χ4v) is 4.06. The lowest BCUT2D eigenvalue weighted by Crippen LogP contribution is -2.58. The third-order valence-electron chi connectivity index (χ3n) is 4.83. The van der Waals surface area contributed by atoms with E-state index in [1.54, 1.807) is 11.3 Å². The van der Waals surface area contributed by atoms with Crippen LogP contribution in [0.25, 0.3) is 0 Å². The molecule has 1 amide bonds. The third kappa shape index (κ3) is 4.90. The number of rotatable bonds is 8. The Hall–Kier alpha value is -1.76. The van der Waals surface area contributed by atoms with Crippen molar-refractivity contribution < 1.29 is 9.90 Å². The summed E-state index contributed by atoms with van der Waals surface area (Å²) in [4.78, 5) is 19.0. The third-order valence-corrected chi connectivity index (χ3v) is 5.65. The number of benzene rings is 1. The normalized spacial score (nSPS) is 20.5. The van der Waals surface area contributed by atoms with Crippen LogP contribution in [-0.4, -0.2) is 46.1 Å². The number of amides is 1. The first kappa shape index (κ1) is 19.0. The van der Waals surface area contributed by atoms with Crippen molar-refractivity contribution in [2.75, 3.05) is 19.6 Å². The van der Waals surface area contributed by atoms with Gasteiger partial charge in [0.1, 0.15) is 0 Å². The summed E-state index contributed by atoms with van der Waals surface area (Å²) in [5.74, 6) is -0.140. The maximum Gasteiger partial charge on any atom is 0.255 e. The van der Waals surface area contributed by atoms with E-state index in [-0.39, 0.29) is 12.5 Å². The number of carbonyl (C=O) groups excluding carboxylic acids is 1. The van der Waals surface area contributed by atoms with Gasteiger partial charge in [-0.2, -0.15) is 0 Å². The number of piperidine rings is 1. The van der Waals surface area contributed by atoms with Crippen LogP contribution in [0.3, 0.4) is 0 Å². The molecule has 1 saturated heterocycles. The van der Waals surface area contributed by atoms with E-state index in [2.05, 4.69) is 22.4 Å². The summed E-state index contributed by atoms with van der Waals surface area (Å²) >= 11 is 1.61. The van der Waals surface area contributed by atoms with Gasteiger partial charge in [-0.15, -0.1) is 11.3 Å². The molecule has 0 radical (unpaired) electrons. The second-order valence-corrected chi connectivity index (χ2v) is 8.04. The second-order valence-electron chi connectivity index (χ2n) is 6.98. The molecule has 3 rings (SSSR count). The van der Waals surface area contributed by atoms with Crippen LogP contribution in [0, 0.1) is 6.92 Å². The lowest BCUT2D eigenvalue weighted by atomic mass is 9.91. The minimum Gasteiger partial charge on any atom is -0.379 e. The molecule has 1 unspecified atom stereocenters. The number of thiazole rings is 1. The van der Waals surface area contributed by atoms with Crippen molar-refractivity contribution in [3.8, 4) is 0 Å². The number of aryl methyl sites for hydroxylation is 2. The number of aromatic nitrogens is 1. The van der Waals surface area contributed by atoms with Gasteiger partial charge in [-0.25, -0.2) is 4.98 Å². The van der Waals surface area contributed by atoms with Gasteiger partial charge in [0.25, 0.3) is 5.91 Å². The van der Waals surface area contributed by atoms with E-state index in [4.69, 9.17) is 0 Å². The van der Waals surface area contributed by atoms with E-state index in [0.29, 0.717) is 19.5 Å². The van der Waals surface area contributed by atoms with E-state index < -0.39 is 5.60 Å². The molecule has 1 aromatic carbocycles. The zero-order valence-electron chi connectivity index (χ0n) is 15.3. The SMILES string of the molecule is Cc1nc(CNCC2(O)CCCN(CCCc3ccccc3)C2=O)cs1. The largest absolute Gasteiger partial charge is 0.379 e. The summed E-state index contributed by atoms with van der Waals surface area (Å²) in [6.45, 7) is 4.26. The minimum atomic E-state index is -1.30. The minimum absolute atomic E-state index is 0.140. The molecule has 1 aliphatic heterocycles. The highest BCUT2D eigenvalue weighted by molar-refractivity contribution is 7.09. The summed E-state index contributed by atoms with van der Waals surface area (Å²) in [6.07, 6.45) is 3.22. The molecule has 0 spiro atoms. The Bertz CT molecular complexity index is 719. The zero-order chi connectivity index (χ0) is 18.4. The first-order valence-corrected chi connectivity index (χ1v) is 10.1. The Labute approximate surface area is 159 Å². The number of hydrogen-bond donors (Lipinski definition) is 2. The molecule has 1 aliphatic rings. The van der Waals surface area contributed by atoms with Gasteiger partial charge in [-0.1, -0.05) is 30.3 Å². The fraction of sp³-hybridized carbons (Fsp3) is 0.500. The quantitative estimate of drug-likeness (QED) is 0.746. The number of aliphatic hydroxyl groups is 1. The molecular weight excluding hydrogens is 346 g/mol. The van der Waals surface area contributed by atoms with Crippen molar-refractivity contribution >= 4 is 17.2 Å². The summed E-state index contributed by atoms with van der Waals surface area (Å²) in [5, 5.41) is 17.1. The Kier molecular flexibility index (Phi) is 6.40. The smallest absolute Gasteiger partial charge is 0.255 e. The monoisotopic (exact) mass is 373 g/mol. The maximum atomic E-state index is 12.8. The average Bonchev–Trinajstić information content (AvgIpc) is 3.05. The Balaban J connectivity index is 1.47. The van der Waals surface area contributed by atoms with Crippen LogP contribution in [0.4, 0.5) is 0 Å². The lowest BCUT2D eigenvalue weighted by Gasteiger charge is -2.38. The maximum absolute atomic E-state index is 12.8. The molecule has 1 fully saturated rings. The summed E-state index contributed by atoms with van der Waals surface area (Å²) < 4.78 is 0. The number of nitrogens with zero attached hydrogens (tertiary/aromatic N) is 2. The van der Waals surface area contributed by atoms with Crippen LogP contribution in [0.1, 0.15) is 35.5 Å². The van der Waals surface area contributed by atoms with Gasteiger partial charge in [-0.05, 0) is 38.2 Å². The standard InChI is InChI=1S/C20H27N3O2S/c1-16-22-18(14-26-16)13-21-15-20(25)10-6-12-23(19(20)24)11-5-9-17-7-3-2-4-8-17/h2-4,7-8,14,21,25H,5-6,9-13,15H2,1H3. The fourth-order valence-electron chi connectivity index (χ4n) is 3.45. The molecule has 0 bridgehead atoms. The van der Waals surface area contributed by atoms with E-state index >= 15 is 0 Å². The van der Waals surface area contributed by atoms with Crippen molar-refractivity contribution in [2.45, 2.75) is 44.8 Å². The van der Waals surface area contributed by atoms with Crippen molar-refractivity contribution in [1.82, 2.24) is 15.2 Å². The van der Waals surface area contributed by atoms with Crippen LogP contribution in [0.2, 0.25) is 0 Å². The van der Waals surface area contributed by atoms with Gasteiger partial charge in [0.05, 0.1) is 10.7 Å². The van der Waals surface area contributed by atoms with Crippen LogP contribution in [-0.2, 0) is 17.8 Å². The Morgan fingerprint density at radius 3 is 2.88 bits per heavy atom. The van der Waals surface area contributed by atoms with Gasteiger partial charge in [0.2, 0.25) is 0 Å². The van der Waals surface area contributed by atoms with E-state index in [9.17, 15) is 9.90 Å².